The summed E-state index contributed by atoms with van der Waals surface area (Å²) < 4.78 is 4.76. The molecule has 1 aliphatic heterocycles. The molecular weight excluding hydrogens is 204 g/mol. The molecule has 0 aliphatic carbocycles. The zero-order valence-corrected chi connectivity index (χ0v) is 10.5. The van der Waals surface area contributed by atoms with E-state index in [1.807, 2.05) is 0 Å². The summed E-state index contributed by atoms with van der Waals surface area (Å²) in [5, 5.41) is 2.88. The molecule has 1 heterocycles. The van der Waals surface area contributed by atoms with Gasteiger partial charge in [0.2, 0.25) is 5.91 Å². The van der Waals surface area contributed by atoms with Gasteiger partial charge in [-0.05, 0) is 31.8 Å². The van der Waals surface area contributed by atoms with Crippen LogP contribution < -0.4 is 5.32 Å². The van der Waals surface area contributed by atoms with Crippen molar-refractivity contribution in [2.24, 2.45) is 5.92 Å². The molecule has 1 N–H and O–H groups in total. The highest BCUT2D eigenvalue weighted by Crippen LogP contribution is 2.10. The Kier molecular flexibility index (Phi) is 6.42. The average molecular weight is 228 g/mol. The Labute approximate surface area is 98.3 Å². The molecule has 16 heavy (non-hydrogen) atoms. The molecule has 1 fully saturated rings. The summed E-state index contributed by atoms with van der Waals surface area (Å²) in [6.45, 7) is 6.62. The van der Waals surface area contributed by atoms with Crippen molar-refractivity contribution in [3.63, 3.8) is 0 Å². The van der Waals surface area contributed by atoms with Crippen LogP contribution in [-0.2, 0) is 9.53 Å². The lowest BCUT2D eigenvalue weighted by molar-refractivity contribution is -0.124. The molecule has 1 rings (SSSR count). The van der Waals surface area contributed by atoms with Gasteiger partial charge in [0.05, 0.1) is 0 Å². The Balaban J connectivity index is 2.09. The smallest absolute Gasteiger partial charge is 0.245 e. The van der Waals surface area contributed by atoms with Crippen molar-refractivity contribution in [3.05, 3.63) is 0 Å². The van der Waals surface area contributed by atoms with Crippen molar-refractivity contribution in [1.29, 1.82) is 0 Å². The molecule has 0 aromatic rings. The lowest BCUT2D eigenvalue weighted by atomic mass is 10.1. The minimum atomic E-state index is -0.0204. The van der Waals surface area contributed by atoms with Crippen molar-refractivity contribution in [3.8, 4) is 0 Å². The summed E-state index contributed by atoms with van der Waals surface area (Å²) in [6, 6.07) is 0. The minimum Gasteiger partial charge on any atom is -0.375 e. The first-order valence-corrected chi connectivity index (χ1v) is 6.20. The van der Waals surface area contributed by atoms with Crippen LogP contribution in [-0.4, -0.2) is 50.7 Å². The van der Waals surface area contributed by atoms with Gasteiger partial charge in [0.25, 0.3) is 0 Å². The van der Waals surface area contributed by atoms with Crippen molar-refractivity contribution in [2.75, 3.05) is 39.9 Å². The number of nitrogens with one attached hydrogen (secondary N) is 1. The zero-order valence-electron chi connectivity index (χ0n) is 10.5. The maximum atomic E-state index is 11.2. The molecule has 1 atom stereocenters. The maximum Gasteiger partial charge on any atom is 0.245 e. The summed E-state index contributed by atoms with van der Waals surface area (Å²) in [5.41, 5.74) is 0. The van der Waals surface area contributed by atoms with Crippen LogP contribution in [0.4, 0.5) is 0 Å². The molecule has 1 saturated heterocycles. The van der Waals surface area contributed by atoms with Crippen LogP contribution in [0, 0.1) is 5.92 Å². The van der Waals surface area contributed by atoms with Gasteiger partial charge in [-0.15, -0.1) is 0 Å². The van der Waals surface area contributed by atoms with E-state index in [1.54, 1.807) is 0 Å². The van der Waals surface area contributed by atoms with Crippen LogP contribution in [0.5, 0.6) is 0 Å². The van der Waals surface area contributed by atoms with Gasteiger partial charge >= 0.3 is 0 Å². The zero-order chi connectivity index (χ0) is 11.8. The van der Waals surface area contributed by atoms with E-state index < -0.39 is 0 Å². The summed E-state index contributed by atoms with van der Waals surface area (Å²) in [5.74, 6) is 0.493. The fourth-order valence-electron chi connectivity index (χ4n) is 2.12. The van der Waals surface area contributed by atoms with Gasteiger partial charge in [0, 0.05) is 20.2 Å². The van der Waals surface area contributed by atoms with Crippen molar-refractivity contribution < 1.29 is 9.53 Å². The molecule has 94 valence electrons. The third-order valence-electron chi connectivity index (χ3n) is 2.94. The summed E-state index contributed by atoms with van der Waals surface area (Å²) >= 11 is 0. The first kappa shape index (κ1) is 13.5. The largest absolute Gasteiger partial charge is 0.375 e. The maximum absolute atomic E-state index is 11.2. The number of rotatable bonds is 6. The van der Waals surface area contributed by atoms with Crippen LogP contribution >= 0.6 is 0 Å². The number of hydrogen-bond donors (Lipinski definition) is 1. The fourth-order valence-corrected chi connectivity index (χ4v) is 2.12. The first-order valence-electron chi connectivity index (χ1n) is 6.20. The standard InChI is InChI=1S/C12H24N2O2/c1-11(8-13-12(15)10-16-2)9-14-6-4-3-5-7-14/h11H,3-10H2,1-2H3,(H,13,15). The number of ether oxygens (including phenoxy) is 1. The number of carbonyl (C=O) groups is 1. The number of likely N-dealkylation sites (tertiary alicyclic amines) is 1. The highest BCUT2D eigenvalue weighted by Gasteiger charge is 2.13. The Hall–Kier alpha value is -0.610. The predicted molar refractivity (Wildman–Crippen MR) is 64.3 cm³/mol. The molecule has 0 spiro atoms. The summed E-state index contributed by atoms with van der Waals surface area (Å²) in [6.07, 6.45) is 4.01. The Morgan fingerprint density at radius 3 is 2.69 bits per heavy atom. The van der Waals surface area contributed by atoms with Gasteiger partial charge in [-0.1, -0.05) is 13.3 Å². The van der Waals surface area contributed by atoms with Crippen LogP contribution in [0.2, 0.25) is 0 Å². The van der Waals surface area contributed by atoms with Gasteiger partial charge in [0.1, 0.15) is 6.61 Å². The topological polar surface area (TPSA) is 41.6 Å². The van der Waals surface area contributed by atoms with Crippen LogP contribution in [0.15, 0.2) is 0 Å². The molecule has 0 aromatic heterocycles. The SMILES string of the molecule is COCC(=O)NCC(C)CN1CCCCC1. The lowest BCUT2D eigenvalue weighted by Crippen LogP contribution is -2.38. The fraction of sp³-hybridized carbons (Fsp3) is 0.917. The highest BCUT2D eigenvalue weighted by atomic mass is 16.5. The molecule has 1 amide bonds. The van der Waals surface area contributed by atoms with Crippen LogP contribution in [0.1, 0.15) is 26.2 Å². The van der Waals surface area contributed by atoms with Gasteiger partial charge in [0.15, 0.2) is 0 Å². The lowest BCUT2D eigenvalue weighted by Gasteiger charge is -2.29. The molecule has 1 unspecified atom stereocenters. The van der Waals surface area contributed by atoms with E-state index in [-0.39, 0.29) is 12.5 Å². The molecular formula is C12H24N2O2. The van der Waals surface area contributed by atoms with Crippen molar-refractivity contribution >= 4 is 5.91 Å². The molecule has 1 aliphatic rings. The predicted octanol–water partition coefficient (Wildman–Crippen LogP) is 0.871. The molecule has 0 saturated carbocycles. The monoisotopic (exact) mass is 228 g/mol. The summed E-state index contributed by atoms with van der Waals surface area (Å²) in [4.78, 5) is 13.7. The number of piperidine rings is 1. The van der Waals surface area contributed by atoms with Crippen molar-refractivity contribution in [2.45, 2.75) is 26.2 Å². The van der Waals surface area contributed by atoms with E-state index in [4.69, 9.17) is 4.74 Å². The molecule has 4 nitrogen and oxygen atoms in total. The second kappa shape index (κ2) is 7.63. The van der Waals surface area contributed by atoms with Gasteiger partial charge in [-0.25, -0.2) is 0 Å². The van der Waals surface area contributed by atoms with E-state index in [0.717, 1.165) is 13.1 Å². The van der Waals surface area contributed by atoms with E-state index in [2.05, 4.69) is 17.1 Å². The van der Waals surface area contributed by atoms with Gasteiger partial charge in [-0.2, -0.15) is 0 Å². The molecule has 0 bridgehead atoms. The van der Waals surface area contributed by atoms with Gasteiger partial charge in [-0.3, -0.25) is 4.79 Å². The average Bonchev–Trinajstić information content (AvgIpc) is 2.28. The van der Waals surface area contributed by atoms with Crippen molar-refractivity contribution in [1.82, 2.24) is 10.2 Å². The molecule has 0 radical (unpaired) electrons. The van der Waals surface area contributed by atoms with E-state index >= 15 is 0 Å². The number of nitrogens with zero attached hydrogens (tertiary/aromatic N) is 1. The Morgan fingerprint density at radius 1 is 1.38 bits per heavy atom. The van der Waals surface area contributed by atoms with Crippen LogP contribution in [0.25, 0.3) is 0 Å². The molecule has 0 aromatic carbocycles. The van der Waals surface area contributed by atoms with E-state index in [0.29, 0.717) is 5.92 Å². The second-order valence-electron chi connectivity index (χ2n) is 4.70. The summed E-state index contributed by atoms with van der Waals surface area (Å²) in [7, 11) is 1.54. The number of amides is 1. The van der Waals surface area contributed by atoms with Crippen LogP contribution in [0.3, 0.4) is 0 Å². The number of hydrogen-bond acceptors (Lipinski definition) is 3. The van der Waals surface area contributed by atoms with E-state index in [1.165, 1.54) is 39.5 Å². The Morgan fingerprint density at radius 2 is 2.06 bits per heavy atom. The number of carbonyl (C=O) groups excluding carboxylic acids is 1. The minimum absolute atomic E-state index is 0.0204. The van der Waals surface area contributed by atoms with E-state index in [9.17, 15) is 4.79 Å². The number of methoxy groups -OCH3 is 1. The third kappa shape index (κ3) is 5.47. The first-order chi connectivity index (χ1) is 7.72. The molecule has 4 heteroatoms. The third-order valence-corrected chi connectivity index (χ3v) is 2.94. The Bertz CT molecular complexity index is 203. The normalized spacial score (nSPS) is 19.4. The second-order valence-corrected chi connectivity index (χ2v) is 4.70. The quantitative estimate of drug-likeness (QED) is 0.733. The van der Waals surface area contributed by atoms with Gasteiger partial charge < -0.3 is 15.0 Å². The highest BCUT2D eigenvalue weighted by molar-refractivity contribution is 5.77.